The third-order valence-corrected chi connectivity index (χ3v) is 12.0. The molecule has 0 aliphatic carbocycles. The molecule has 9 heteroatoms. The Morgan fingerprint density at radius 1 is 0.449 bits per heavy atom. The zero-order valence-corrected chi connectivity index (χ0v) is 45.2. The van der Waals surface area contributed by atoms with E-state index in [4.69, 9.17) is 18.9 Å². The van der Waals surface area contributed by atoms with E-state index in [-0.39, 0.29) is 38.6 Å². The van der Waals surface area contributed by atoms with Crippen LogP contribution >= 0.6 is 0 Å². The number of quaternary nitrogens is 1. The summed E-state index contributed by atoms with van der Waals surface area (Å²) in [6.07, 6.45) is 62.6. The molecule has 0 fully saturated rings. The molecule has 0 aromatic carbocycles. The zero-order valence-electron chi connectivity index (χ0n) is 45.2. The number of hydrogen-bond acceptors (Lipinski definition) is 8. The van der Waals surface area contributed by atoms with Gasteiger partial charge in [0.15, 0.2) is 12.4 Å². The van der Waals surface area contributed by atoms with E-state index in [1.54, 1.807) is 0 Å². The van der Waals surface area contributed by atoms with E-state index in [1.165, 1.54) is 141 Å². The van der Waals surface area contributed by atoms with Crippen molar-refractivity contribution in [2.24, 2.45) is 0 Å². The molecule has 2 atom stereocenters. The minimum absolute atomic E-state index is 0.121. The normalized spacial score (nSPS) is 13.3. The topological polar surface area (TPSA) is 111 Å². The molecule has 0 rings (SSSR count). The first kappa shape index (κ1) is 65.7. The molecular weight excluding hydrogens is 863 g/mol. The van der Waals surface area contributed by atoms with E-state index in [1.807, 2.05) is 33.3 Å². The quantitative estimate of drug-likeness (QED) is 0.0195. The zero-order chi connectivity index (χ0) is 50.6. The summed E-state index contributed by atoms with van der Waals surface area (Å²) in [6.45, 7) is 4.56. The van der Waals surface area contributed by atoms with E-state index in [0.717, 1.165) is 57.8 Å². The number of carbonyl (C=O) groups is 3. The van der Waals surface area contributed by atoms with Gasteiger partial charge in [-0.1, -0.05) is 241 Å². The largest absolute Gasteiger partial charge is 0.545 e. The molecule has 0 aromatic rings. The van der Waals surface area contributed by atoms with Crippen LogP contribution in [0.5, 0.6) is 0 Å². The van der Waals surface area contributed by atoms with Crippen LogP contribution in [0, 0.1) is 0 Å². The highest BCUT2D eigenvalue weighted by Crippen LogP contribution is 2.16. The van der Waals surface area contributed by atoms with Gasteiger partial charge in [-0.2, -0.15) is 0 Å². The third kappa shape index (κ3) is 52.4. The number of nitrogens with zero attached hydrogens (tertiary/aromatic N) is 1. The van der Waals surface area contributed by atoms with Crippen molar-refractivity contribution in [2.45, 2.75) is 245 Å². The van der Waals surface area contributed by atoms with Crippen LogP contribution < -0.4 is 5.11 Å². The SMILES string of the molecule is CC/C=C\C/C=C\C/C=C\C/C=C\C/C=C\C/C=C\CCC(=O)OC(COC(=O)CCCCCCCCCCCCCCCCCCCCCCCCCCC)COC(OCC[N+](C)(C)C)C(=O)[O-]. The van der Waals surface area contributed by atoms with Crippen LogP contribution in [0.15, 0.2) is 72.9 Å². The fourth-order valence-corrected chi connectivity index (χ4v) is 7.68. The van der Waals surface area contributed by atoms with Crippen molar-refractivity contribution in [3.05, 3.63) is 72.9 Å². The van der Waals surface area contributed by atoms with Crippen molar-refractivity contribution >= 4 is 17.9 Å². The molecule has 0 amide bonds. The van der Waals surface area contributed by atoms with E-state index in [0.29, 0.717) is 17.4 Å². The molecule has 0 spiro atoms. The molecule has 0 heterocycles. The number of carboxylic acids is 1. The summed E-state index contributed by atoms with van der Waals surface area (Å²) in [5.41, 5.74) is 0. The van der Waals surface area contributed by atoms with Gasteiger partial charge in [0.05, 0.1) is 40.3 Å². The lowest BCUT2D eigenvalue weighted by molar-refractivity contribution is -0.870. The maximum Gasteiger partial charge on any atom is 0.306 e. The summed E-state index contributed by atoms with van der Waals surface area (Å²) in [5, 5.41) is 11.8. The van der Waals surface area contributed by atoms with Gasteiger partial charge in [0.25, 0.3) is 0 Å². The van der Waals surface area contributed by atoms with Gasteiger partial charge in [0.2, 0.25) is 0 Å². The molecule has 2 unspecified atom stereocenters. The predicted octanol–water partition coefficient (Wildman–Crippen LogP) is 14.9. The van der Waals surface area contributed by atoms with Gasteiger partial charge < -0.3 is 33.3 Å². The van der Waals surface area contributed by atoms with Gasteiger partial charge in [-0.15, -0.1) is 0 Å². The van der Waals surface area contributed by atoms with E-state index < -0.39 is 24.3 Å². The third-order valence-electron chi connectivity index (χ3n) is 12.0. The van der Waals surface area contributed by atoms with Crippen molar-refractivity contribution in [1.29, 1.82) is 0 Å². The molecule has 9 nitrogen and oxygen atoms in total. The Morgan fingerprint density at radius 3 is 1.20 bits per heavy atom. The van der Waals surface area contributed by atoms with Gasteiger partial charge in [0.1, 0.15) is 13.2 Å². The van der Waals surface area contributed by atoms with Crippen LogP contribution in [0.2, 0.25) is 0 Å². The van der Waals surface area contributed by atoms with Gasteiger partial charge in [-0.25, -0.2) is 0 Å². The average molecular weight is 968 g/mol. The molecule has 0 N–H and O–H groups in total. The Bertz CT molecular complexity index is 1360. The number of carbonyl (C=O) groups excluding carboxylic acids is 3. The predicted molar refractivity (Wildman–Crippen MR) is 288 cm³/mol. The molecule has 0 radical (unpaired) electrons. The number of carboxylic acid groups (broad SMARTS) is 1. The molecule has 0 aliphatic rings. The number of hydrogen-bond donors (Lipinski definition) is 0. The van der Waals surface area contributed by atoms with Crippen LogP contribution in [0.3, 0.4) is 0 Å². The number of esters is 2. The standard InChI is InChI=1S/C60H105NO8/c1-6-8-10-12-14-16-18-20-22-24-26-27-28-29-30-31-33-34-36-38-40-42-44-46-48-50-57(62)67-54-56(55-68-60(59(64)65)66-53-52-61(3,4)5)69-58(63)51-49-47-45-43-41-39-37-35-32-25-23-21-19-17-15-13-11-9-7-2/h9,11,15,17,21,23,32,35,39,41,45,47,56,60H,6-8,10,12-14,16,18-20,22,24-31,33-34,36-38,40,42-44,46,48-55H2,1-5H3/b11-9-,17-15-,23-21-,35-32-,41-39-,47-45-. The minimum atomic E-state index is -1.64. The highest BCUT2D eigenvalue weighted by Gasteiger charge is 2.21. The molecule has 0 saturated carbocycles. The van der Waals surface area contributed by atoms with Crippen molar-refractivity contribution in [1.82, 2.24) is 0 Å². The first-order valence-corrected chi connectivity index (χ1v) is 28.1. The summed E-state index contributed by atoms with van der Waals surface area (Å²) in [5.74, 6) is -2.39. The molecule has 0 saturated heterocycles. The molecule has 69 heavy (non-hydrogen) atoms. The Morgan fingerprint density at radius 2 is 0.826 bits per heavy atom. The van der Waals surface area contributed by atoms with Crippen molar-refractivity contribution in [3.63, 3.8) is 0 Å². The van der Waals surface area contributed by atoms with Crippen LogP contribution in [-0.4, -0.2) is 82.3 Å². The number of likely N-dealkylation sites (N-methyl/N-ethyl adjacent to an activating group) is 1. The lowest BCUT2D eigenvalue weighted by atomic mass is 10.0. The van der Waals surface area contributed by atoms with E-state index in [9.17, 15) is 19.5 Å². The fourth-order valence-electron chi connectivity index (χ4n) is 7.68. The smallest absolute Gasteiger partial charge is 0.306 e. The molecule has 0 aliphatic heterocycles. The first-order chi connectivity index (χ1) is 33.6. The average Bonchev–Trinajstić information content (AvgIpc) is 3.31. The van der Waals surface area contributed by atoms with Crippen molar-refractivity contribution in [3.8, 4) is 0 Å². The number of aliphatic carboxylic acids is 1. The summed E-state index contributed by atoms with van der Waals surface area (Å²) >= 11 is 0. The minimum Gasteiger partial charge on any atom is -0.545 e. The van der Waals surface area contributed by atoms with Gasteiger partial charge in [-0.3, -0.25) is 9.59 Å². The summed E-state index contributed by atoms with van der Waals surface area (Å²) in [6, 6.07) is 0. The van der Waals surface area contributed by atoms with E-state index in [2.05, 4.69) is 74.6 Å². The van der Waals surface area contributed by atoms with E-state index >= 15 is 0 Å². The fraction of sp³-hybridized carbons (Fsp3) is 0.750. The number of ether oxygens (including phenoxy) is 4. The Kier molecular flexibility index (Phi) is 48.7. The summed E-state index contributed by atoms with van der Waals surface area (Å²) in [4.78, 5) is 37.2. The maximum absolute atomic E-state index is 12.8. The van der Waals surface area contributed by atoms with Crippen LogP contribution in [0.1, 0.15) is 232 Å². The van der Waals surface area contributed by atoms with Crippen LogP contribution in [-0.2, 0) is 33.3 Å². The second-order valence-electron chi connectivity index (χ2n) is 19.9. The lowest BCUT2D eigenvalue weighted by Crippen LogP contribution is -2.44. The van der Waals surface area contributed by atoms with Gasteiger partial charge in [-0.05, 0) is 51.4 Å². The van der Waals surface area contributed by atoms with Crippen molar-refractivity contribution < 1.29 is 42.9 Å². The Hall–Kier alpha value is -3.27. The van der Waals surface area contributed by atoms with Gasteiger partial charge >= 0.3 is 11.9 Å². The molecular formula is C60H105NO8. The second kappa shape index (κ2) is 51.1. The molecule has 0 aromatic heterocycles. The highest BCUT2D eigenvalue weighted by atomic mass is 16.7. The Labute approximate surface area is 424 Å². The lowest BCUT2D eigenvalue weighted by Gasteiger charge is -2.26. The highest BCUT2D eigenvalue weighted by molar-refractivity contribution is 5.70. The molecule has 0 bridgehead atoms. The molecule has 398 valence electrons. The summed E-state index contributed by atoms with van der Waals surface area (Å²) < 4.78 is 22.6. The summed E-state index contributed by atoms with van der Waals surface area (Å²) in [7, 11) is 5.89. The number of allylic oxidation sites excluding steroid dienone is 12. The van der Waals surface area contributed by atoms with Gasteiger partial charge in [0, 0.05) is 12.8 Å². The van der Waals surface area contributed by atoms with Crippen LogP contribution in [0.4, 0.5) is 0 Å². The monoisotopic (exact) mass is 968 g/mol. The first-order valence-electron chi connectivity index (χ1n) is 28.1. The Balaban J connectivity index is 4.31. The number of unbranched alkanes of at least 4 members (excludes halogenated alkanes) is 24. The van der Waals surface area contributed by atoms with Crippen LogP contribution in [0.25, 0.3) is 0 Å². The van der Waals surface area contributed by atoms with Crippen molar-refractivity contribution in [2.75, 3.05) is 47.5 Å². The second-order valence-corrected chi connectivity index (χ2v) is 19.9. The maximum atomic E-state index is 12.8. The number of rotatable bonds is 51.